The summed E-state index contributed by atoms with van der Waals surface area (Å²) in [6.45, 7) is 1.70. The first kappa shape index (κ1) is 13.2. The van der Waals surface area contributed by atoms with Gasteiger partial charge in [-0.15, -0.1) is 12.6 Å². The molecule has 0 rings (SSSR count). The Morgan fingerprint density at radius 2 is 2.31 bits per heavy atom. The van der Waals surface area contributed by atoms with Crippen molar-refractivity contribution in [1.82, 2.24) is 0 Å². The second-order valence-electron chi connectivity index (χ2n) is 2.73. The fourth-order valence-electron chi connectivity index (χ4n) is 0.727. The monoisotopic (exact) mass is 237 g/mol. The molecular weight excluding hydrogens is 226 g/mol. The number of nitrogens with zero attached hydrogens (tertiary/aromatic N) is 1. The number of thiol groups is 1. The molecule has 6 heteroatoms. The quantitative estimate of drug-likeness (QED) is 0.391. The lowest BCUT2D eigenvalue weighted by Gasteiger charge is -2.19. The predicted molar refractivity (Wildman–Crippen MR) is 60.7 cm³/mol. The topological polar surface area (TPSA) is 64.2 Å². The lowest BCUT2D eigenvalue weighted by atomic mass is 10.1. The molecule has 0 saturated carbocycles. The van der Waals surface area contributed by atoms with E-state index in [0.29, 0.717) is 9.95 Å². The third-order valence-electron chi connectivity index (χ3n) is 1.43. The summed E-state index contributed by atoms with van der Waals surface area (Å²) >= 11 is 9.81. The van der Waals surface area contributed by atoms with Crippen molar-refractivity contribution in [2.75, 3.05) is 0 Å². The highest BCUT2D eigenvalue weighted by Gasteiger charge is 2.26. The van der Waals surface area contributed by atoms with Gasteiger partial charge in [0.1, 0.15) is 8.28 Å². The Hall–Kier alpha value is 0.200. The van der Waals surface area contributed by atoms with Crippen LogP contribution in [0.2, 0.25) is 0 Å². The number of nitriles is 1. The van der Waals surface area contributed by atoms with Crippen LogP contribution in [0.4, 0.5) is 0 Å². The van der Waals surface area contributed by atoms with Crippen molar-refractivity contribution in [1.29, 1.82) is 5.26 Å². The molecule has 0 fully saturated rings. The highest BCUT2D eigenvalue weighted by Crippen LogP contribution is 2.31. The Bertz CT molecular complexity index is 226. The summed E-state index contributed by atoms with van der Waals surface area (Å²) in [5, 5.41) is 26.1. The summed E-state index contributed by atoms with van der Waals surface area (Å²) in [5.74, 6) is 0. The molecule has 1 unspecified atom stereocenters. The van der Waals surface area contributed by atoms with Crippen molar-refractivity contribution in [3.8, 4) is 6.07 Å². The average Bonchev–Trinajstić information content (AvgIpc) is 2.00. The zero-order chi connectivity index (χ0) is 10.5. The normalized spacial score (nSPS) is 15.1. The first-order chi connectivity index (χ1) is 5.89. The van der Waals surface area contributed by atoms with Crippen LogP contribution in [0.3, 0.4) is 0 Å². The maximum Gasteiger partial charge on any atom is 0.151 e. The summed E-state index contributed by atoms with van der Waals surface area (Å²) in [4.78, 5) is 0. The Balaban J connectivity index is 4.14. The van der Waals surface area contributed by atoms with E-state index in [9.17, 15) is 0 Å². The number of aliphatic hydroxyl groups excluding tert-OH is 1. The lowest BCUT2D eigenvalue weighted by molar-refractivity contribution is -0.0469. The van der Waals surface area contributed by atoms with Crippen LogP contribution in [0.5, 0.6) is 0 Å². The van der Waals surface area contributed by atoms with Crippen LogP contribution in [0.1, 0.15) is 19.8 Å². The van der Waals surface area contributed by atoms with Crippen LogP contribution >= 0.6 is 36.6 Å². The number of aliphatic hydroxyl groups is 2. The first-order valence-electron chi connectivity index (χ1n) is 3.59. The van der Waals surface area contributed by atoms with Crippen molar-refractivity contribution in [2.45, 2.75) is 30.8 Å². The van der Waals surface area contributed by atoms with Crippen LogP contribution in [0.15, 0.2) is 0 Å². The SMILES string of the molecule is CC(C#N)(CCC(O)O)SC(=S)S. The van der Waals surface area contributed by atoms with Crippen LogP contribution in [0.25, 0.3) is 0 Å². The molecule has 0 aromatic carbocycles. The second kappa shape index (κ2) is 5.83. The van der Waals surface area contributed by atoms with E-state index >= 15 is 0 Å². The number of thioether (sulfide) groups is 1. The molecule has 0 aromatic rings. The van der Waals surface area contributed by atoms with E-state index < -0.39 is 11.0 Å². The highest BCUT2D eigenvalue weighted by molar-refractivity contribution is 8.42. The minimum Gasteiger partial charge on any atom is -0.368 e. The molecule has 0 aliphatic rings. The molecular formula is C7H11NO2S3. The van der Waals surface area contributed by atoms with Crippen molar-refractivity contribution in [3.05, 3.63) is 0 Å². The van der Waals surface area contributed by atoms with Gasteiger partial charge in [0.15, 0.2) is 6.29 Å². The molecule has 0 amide bonds. The summed E-state index contributed by atoms with van der Waals surface area (Å²) in [6.07, 6.45) is -0.846. The maximum atomic E-state index is 8.82. The number of rotatable bonds is 4. The fourth-order valence-corrected chi connectivity index (χ4v) is 2.53. The minimum absolute atomic E-state index is 0.160. The third kappa shape index (κ3) is 6.29. The van der Waals surface area contributed by atoms with Crippen LogP contribution in [-0.4, -0.2) is 24.8 Å². The Kier molecular flexibility index (Phi) is 5.92. The fraction of sp³-hybridized carbons (Fsp3) is 0.714. The summed E-state index contributed by atoms with van der Waals surface area (Å²) < 4.78 is -0.334. The second-order valence-corrected chi connectivity index (χ2v) is 5.96. The van der Waals surface area contributed by atoms with Gasteiger partial charge in [-0.05, 0) is 13.3 Å². The standard InChI is InChI=1S/C7H11NO2S3/c1-7(4-8,13-6(11)12)3-2-5(9)10/h5,9-10H,2-3H2,1H3,(H,11,12). The van der Waals surface area contributed by atoms with E-state index in [4.69, 9.17) is 27.7 Å². The predicted octanol–water partition coefficient (Wildman–Crippen LogP) is 1.31. The smallest absolute Gasteiger partial charge is 0.151 e. The van der Waals surface area contributed by atoms with Gasteiger partial charge in [0.2, 0.25) is 0 Å². The van der Waals surface area contributed by atoms with Crippen LogP contribution in [0, 0.1) is 11.3 Å². The molecule has 3 nitrogen and oxygen atoms in total. The van der Waals surface area contributed by atoms with Gasteiger partial charge in [-0.2, -0.15) is 5.26 Å². The molecule has 0 saturated heterocycles. The molecule has 0 radical (unpaired) electrons. The van der Waals surface area contributed by atoms with Gasteiger partial charge in [0.25, 0.3) is 0 Å². The minimum atomic E-state index is -1.37. The van der Waals surface area contributed by atoms with Gasteiger partial charge in [-0.1, -0.05) is 24.0 Å². The molecule has 0 heterocycles. The molecule has 0 aromatic heterocycles. The summed E-state index contributed by atoms with van der Waals surface area (Å²) in [6, 6.07) is 2.07. The van der Waals surface area contributed by atoms with E-state index in [2.05, 4.69) is 18.7 Å². The van der Waals surface area contributed by atoms with Crippen molar-refractivity contribution in [2.24, 2.45) is 0 Å². The summed E-state index contributed by atoms with van der Waals surface area (Å²) in [5.41, 5.74) is 0. The van der Waals surface area contributed by atoms with Crippen molar-refractivity contribution >= 4 is 40.1 Å². The van der Waals surface area contributed by atoms with Crippen molar-refractivity contribution < 1.29 is 10.2 Å². The Labute approximate surface area is 92.5 Å². The Morgan fingerprint density at radius 1 is 1.77 bits per heavy atom. The summed E-state index contributed by atoms with van der Waals surface area (Å²) in [7, 11) is 0. The van der Waals surface area contributed by atoms with Gasteiger partial charge in [0.05, 0.1) is 6.07 Å². The van der Waals surface area contributed by atoms with Crippen molar-refractivity contribution in [3.63, 3.8) is 0 Å². The first-order valence-corrected chi connectivity index (χ1v) is 5.26. The average molecular weight is 237 g/mol. The lowest BCUT2D eigenvalue weighted by Crippen LogP contribution is -2.21. The highest BCUT2D eigenvalue weighted by atomic mass is 32.2. The largest absolute Gasteiger partial charge is 0.368 e. The number of hydrogen-bond donors (Lipinski definition) is 3. The zero-order valence-corrected chi connectivity index (χ0v) is 9.62. The molecule has 0 bridgehead atoms. The van der Waals surface area contributed by atoms with Gasteiger partial charge < -0.3 is 10.2 Å². The van der Waals surface area contributed by atoms with Gasteiger partial charge in [-0.25, -0.2) is 0 Å². The van der Waals surface area contributed by atoms with E-state index in [1.807, 2.05) is 0 Å². The van der Waals surface area contributed by atoms with E-state index in [1.165, 1.54) is 0 Å². The van der Waals surface area contributed by atoms with Crippen LogP contribution < -0.4 is 0 Å². The zero-order valence-electron chi connectivity index (χ0n) is 7.10. The Morgan fingerprint density at radius 3 is 2.62 bits per heavy atom. The maximum absolute atomic E-state index is 8.82. The van der Waals surface area contributed by atoms with E-state index in [0.717, 1.165) is 11.8 Å². The number of thiocarbonyl (C=S) groups is 1. The molecule has 74 valence electrons. The molecule has 2 N–H and O–H groups in total. The molecule has 0 aliphatic carbocycles. The number of hydrogen-bond acceptors (Lipinski definition) is 5. The van der Waals surface area contributed by atoms with Gasteiger partial charge >= 0.3 is 0 Å². The molecule has 1 atom stereocenters. The molecule has 13 heavy (non-hydrogen) atoms. The molecule has 0 spiro atoms. The van der Waals surface area contributed by atoms with E-state index in [-0.39, 0.29) is 6.42 Å². The van der Waals surface area contributed by atoms with E-state index in [1.54, 1.807) is 6.92 Å². The van der Waals surface area contributed by atoms with Gasteiger partial charge in [-0.3, -0.25) is 0 Å². The van der Waals surface area contributed by atoms with Crippen LogP contribution in [-0.2, 0) is 0 Å². The molecule has 0 aliphatic heterocycles. The third-order valence-corrected chi connectivity index (χ3v) is 2.87. The van der Waals surface area contributed by atoms with Gasteiger partial charge in [0, 0.05) is 6.42 Å².